The van der Waals surface area contributed by atoms with Crippen LogP contribution in [0.25, 0.3) is 0 Å². The number of nitrogens with one attached hydrogen (secondary N) is 1. The van der Waals surface area contributed by atoms with Gasteiger partial charge in [-0.1, -0.05) is 42.5 Å². The summed E-state index contributed by atoms with van der Waals surface area (Å²) in [6, 6.07) is 16.0. The number of hydrogen-bond donors (Lipinski definition) is 2. The lowest BCUT2D eigenvalue weighted by Gasteiger charge is -2.47. The Hall–Kier alpha value is -2.24. The predicted octanol–water partition coefficient (Wildman–Crippen LogP) is 2.01. The Morgan fingerprint density at radius 2 is 1.79 bits per heavy atom. The maximum Gasteiger partial charge on any atom is 0.256 e. The molecule has 0 aliphatic carbocycles. The van der Waals surface area contributed by atoms with Crippen molar-refractivity contribution in [2.75, 3.05) is 20.2 Å². The third kappa shape index (κ3) is 3.18. The number of amides is 1. The molecule has 1 aliphatic rings. The molecule has 24 heavy (non-hydrogen) atoms. The molecule has 3 atom stereocenters. The highest BCUT2D eigenvalue weighted by Gasteiger charge is 2.41. The molecule has 2 N–H and O–H groups in total. The second kappa shape index (κ2) is 7.11. The largest absolute Gasteiger partial charge is 0.395 e. The number of nitrogens with zero attached hydrogens (tertiary/aromatic N) is 1. The number of hydrogen-bond acceptors (Lipinski definition) is 3. The fourth-order valence-electron chi connectivity index (χ4n) is 3.33. The topological polar surface area (TPSA) is 52.6 Å². The number of carbonyl (C=O) groups is 1. The average molecular weight is 328 g/mol. The van der Waals surface area contributed by atoms with E-state index >= 15 is 0 Å². The monoisotopic (exact) mass is 328 g/mol. The van der Waals surface area contributed by atoms with E-state index in [0.29, 0.717) is 6.54 Å². The van der Waals surface area contributed by atoms with Gasteiger partial charge in [-0.2, -0.15) is 0 Å². The first-order chi connectivity index (χ1) is 11.6. The van der Waals surface area contributed by atoms with Crippen molar-refractivity contribution in [2.45, 2.75) is 18.0 Å². The van der Waals surface area contributed by atoms with E-state index in [-0.39, 0.29) is 36.1 Å². The summed E-state index contributed by atoms with van der Waals surface area (Å²) in [5.41, 5.74) is 1.21. The quantitative estimate of drug-likeness (QED) is 0.883. The standard InChI is InChI=1S/C19H21FN2O2/c1-22(19(24)14-9-5-6-10-15(14)20)11-16-18(17(12-23)21-16)13-7-3-2-4-8-13/h2-10,16-18,21,23H,11-12H2,1H3/t16-,17+,18+/m0/s1. The molecule has 1 aliphatic heterocycles. The van der Waals surface area contributed by atoms with Crippen molar-refractivity contribution in [1.29, 1.82) is 0 Å². The number of benzene rings is 2. The molecule has 1 saturated heterocycles. The van der Waals surface area contributed by atoms with Crippen LogP contribution in [0.1, 0.15) is 21.8 Å². The van der Waals surface area contributed by atoms with E-state index in [1.807, 2.05) is 30.3 Å². The third-order valence-electron chi connectivity index (χ3n) is 4.60. The summed E-state index contributed by atoms with van der Waals surface area (Å²) in [5.74, 6) is -0.718. The van der Waals surface area contributed by atoms with E-state index in [9.17, 15) is 14.3 Å². The molecule has 3 rings (SSSR count). The van der Waals surface area contributed by atoms with Crippen LogP contribution < -0.4 is 5.32 Å². The predicted molar refractivity (Wildman–Crippen MR) is 90.3 cm³/mol. The van der Waals surface area contributed by atoms with Crippen LogP contribution >= 0.6 is 0 Å². The molecule has 126 valence electrons. The van der Waals surface area contributed by atoms with Crippen LogP contribution in [0.2, 0.25) is 0 Å². The van der Waals surface area contributed by atoms with Gasteiger partial charge in [0, 0.05) is 31.6 Å². The molecular formula is C19H21FN2O2. The molecule has 1 fully saturated rings. The van der Waals surface area contributed by atoms with Crippen molar-refractivity contribution in [3.8, 4) is 0 Å². The minimum atomic E-state index is -0.510. The minimum absolute atomic E-state index is 0.0191. The second-order valence-corrected chi connectivity index (χ2v) is 6.16. The van der Waals surface area contributed by atoms with Crippen molar-refractivity contribution in [3.05, 3.63) is 71.5 Å². The summed E-state index contributed by atoms with van der Waals surface area (Å²) >= 11 is 0. The van der Waals surface area contributed by atoms with Gasteiger partial charge in [0.1, 0.15) is 5.82 Å². The van der Waals surface area contributed by atoms with Gasteiger partial charge < -0.3 is 15.3 Å². The summed E-state index contributed by atoms with van der Waals surface area (Å²) in [6.07, 6.45) is 0. The molecule has 2 aromatic rings. The van der Waals surface area contributed by atoms with Gasteiger partial charge >= 0.3 is 0 Å². The Morgan fingerprint density at radius 3 is 2.46 bits per heavy atom. The normalized spacial score (nSPS) is 22.7. The zero-order valence-corrected chi connectivity index (χ0v) is 13.5. The molecule has 1 heterocycles. The Balaban J connectivity index is 1.71. The number of carbonyl (C=O) groups excluding carboxylic acids is 1. The van der Waals surface area contributed by atoms with E-state index in [1.165, 1.54) is 17.0 Å². The zero-order valence-electron chi connectivity index (χ0n) is 13.5. The van der Waals surface area contributed by atoms with Gasteiger partial charge in [0.2, 0.25) is 0 Å². The van der Waals surface area contributed by atoms with Gasteiger partial charge in [0.25, 0.3) is 5.91 Å². The maximum absolute atomic E-state index is 13.8. The van der Waals surface area contributed by atoms with E-state index in [2.05, 4.69) is 5.32 Å². The van der Waals surface area contributed by atoms with Gasteiger partial charge in [-0.25, -0.2) is 4.39 Å². The van der Waals surface area contributed by atoms with Crippen LogP contribution in [-0.4, -0.2) is 48.2 Å². The van der Waals surface area contributed by atoms with Crippen molar-refractivity contribution < 1.29 is 14.3 Å². The van der Waals surface area contributed by atoms with Gasteiger partial charge in [0.05, 0.1) is 12.2 Å². The molecule has 1 amide bonds. The van der Waals surface area contributed by atoms with Crippen molar-refractivity contribution in [2.24, 2.45) is 0 Å². The van der Waals surface area contributed by atoms with Crippen LogP contribution in [0.15, 0.2) is 54.6 Å². The fourth-order valence-corrected chi connectivity index (χ4v) is 3.33. The summed E-state index contributed by atoms with van der Waals surface area (Å²) in [4.78, 5) is 14.0. The number of likely N-dealkylation sites (N-methyl/N-ethyl adjacent to an activating group) is 1. The maximum atomic E-state index is 13.8. The lowest BCUT2D eigenvalue weighted by atomic mass is 9.77. The van der Waals surface area contributed by atoms with Gasteiger partial charge in [-0.3, -0.25) is 4.79 Å². The molecule has 0 spiro atoms. The van der Waals surface area contributed by atoms with E-state index in [4.69, 9.17) is 0 Å². The molecule has 0 unspecified atom stereocenters. The Kier molecular flexibility index (Phi) is 4.92. The van der Waals surface area contributed by atoms with Crippen LogP contribution in [0, 0.1) is 5.82 Å². The first-order valence-electron chi connectivity index (χ1n) is 8.03. The smallest absolute Gasteiger partial charge is 0.256 e. The number of halogens is 1. The Morgan fingerprint density at radius 1 is 1.12 bits per heavy atom. The SMILES string of the molecule is CN(C[C@@H]1N[C@H](CO)[C@@H]1c1ccccc1)C(=O)c1ccccc1F. The number of rotatable bonds is 5. The molecule has 0 radical (unpaired) electrons. The first-order valence-corrected chi connectivity index (χ1v) is 8.03. The van der Waals surface area contributed by atoms with Crippen LogP contribution in [0.5, 0.6) is 0 Å². The molecule has 4 nitrogen and oxygen atoms in total. The van der Waals surface area contributed by atoms with Crippen molar-refractivity contribution >= 4 is 5.91 Å². The number of aliphatic hydroxyl groups is 1. The molecule has 0 saturated carbocycles. The Labute approximate surface area is 140 Å². The number of aliphatic hydroxyl groups excluding tert-OH is 1. The second-order valence-electron chi connectivity index (χ2n) is 6.16. The van der Waals surface area contributed by atoms with E-state index < -0.39 is 5.82 Å². The minimum Gasteiger partial charge on any atom is -0.395 e. The van der Waals surface area contributed by atoms with Crippen LogP contribution in [0.3, 0.4) is 0 Å². The third-order valence-corrected chi connectivity index (χ3v) is 4.60. The van der Waals surface area contributed by atoms with Crippen molar-refractivity contribution in [3.63, 3.8) is 0 Å². The van der Waals surface area contributed by atoms with Gasteiger partial charge in [-0.05, 0) is 17.7 Å². The highest BCUT2D eigenvalue weighted by Crippen LogP contribution is 2.32. The molecular weight excluding hydrogens is 307 g/mol. The molecule has 5 heteroatoms. The molecule has 2 aromatic carbocycles. The average Bonchev–Trinajstić information content (AvgIpc) is 2.58. The molecule has 0 aromatic heterocycles. The summed E-state index contributed by atoms with van der Waals surface area (Å²) in [5, 5.41) is 12.8. The van der Waals surface area contributed by atoms with E-state index in [1.54, 1.807) is 19.2 Å². The highest BCUT2D eigenvalue weighted by molar-refractivity contribution is 5.94. The first kappa shape index (κ1) is 16.6. The summed E-state index contributed by atoms with van der Waals surface area (Å²) < 4.78 is 13.8. The fraction of sp³-hybridized carbons (Fsp3) is 0.316. The van der Waals surface area contributed by atoms with Gasteiger partial charge in [0.15, 0.2) is 0 Å². The summed E-state index contributed by atoms with van der Waals surface area (Å²) in [7, 11) is 1.67. The lowest BCUT2D eigenvalue weighted by molar-refractivity contribution is 0.0679. The lowest BCUT2D eigenvalue weighted by Crippen LogP contribution is -2.64. The zero-order chi connectivity index (χ0) is 17.1. The van der Waals surface area contributed by atoms with Gasteiger partial charge in [-0.15, -0.1) is 0 Å². The highest BCUT2D eigenvalue weighted by atomic mass is 19.1. The van der Waals surface area contributed by atoms with Crippen molar-refractivity contribution in [1.82, 2.24) is 10.2 Å². The van der Waals surface area contributed by atoms with Crippen LogP contribution in [-0.2, 0) is 0 Å². The molecule has 0 bridgehead atoms. The van der Waals surface area contributed by atoms with Crippen LogP contribution in [0.4, 0.5) is 4.39 Å². The van der Waals surface area contributed by atoms with E-state index in [0.717, 1.165) is 5.56 Å². The Bertz CT molecular complexity index is 708. The summed E-state index contributed by atoms with van der Waals surface area (Å²) in [6.45, 7) is 0.490.